The molecular formula is C18H20N2O5. The lowest BCUT2D eigenvalue weighted by atomic mass is 10.1. The van der Waals surface area contributed by atoms with Crippen LogP contribution in [0.5, 0.6) is 17.4 Å². The fourth-order valence-electron chi connectivity index (χ4n) is 1.97. The van der Waals surface area contributed by atoms with Gasteiger partial charge in [0.1, 0.15) is 6.61 Å². The second-order valence-electron chi connectivity index (χ2n) is 4.86. The quantitative estimate of drug-likeness (QED) is 0.392. The number of rotatable bonds is 9. The molecule has 0 fully saturated rings. The molecule has 2 aromatic rings. The van der Waals surface area contributed by atoms with Gasteiger partial charge < -0.3 is 18.9 Å². The third-order valence-electron chi connectivity index (χ3n) is 3.23. The lowest BCUT2D eigenvalue weighted by Crippen LogP contribution is -2.06. The van der Waals surface area contributed by atoms with Crippen molar-refractivity contribution in [1.29, 1.82) is 0 Å². The van der Waals surface area contributed by atoms with Gasteiger partial charge in [0.25, 0.3) is 0 Å². The Morgan fingerprint density at radius 2 is 1.92 bits per heavy atom. The van der Waals surface area contributed by atoms with E-state index in [4.69, 9.17) is 18.9 Å². The van der Waals surface area contributed by atoms with Gasteiger partial charge in [-0.1, -0.05) is 0 Å². The zero-order chi connectivity index (χ0) is 18.1. The van der Waals surface area contributed by atoms with Crippen LogP contribution in [0.4, 0.5) is 0 Å². The highest BCUT2D eigenvalue weighted by molar-refractivity contribution is 6.07. The van der Waals surface area contributed by atoms with Crippen LogP contribution in [0, 0.1) is 0 Å². The van der Waals surface area contributed by atoms with Crippen LogP contribution >= 0.6 is 0 Å². The van der Waals surface area contributed by atoms with Crippen molar-refractivity contribution in [1.82, 2.24) is 9.97 Å². The van der Waals surface area contributed by atoms with Gasteiger partial charge >= 0.3 is 0 Å². The van der Waals surface area contributed by atoms with E-state index in [0.29, 0.717) is 42.0 Å². The molecule has 0 bridgehead atoms. The Hall–Kier alpha value is -2.93. The third-order valence-corrected chi connectivity index (χ3v) is 3.23. The summed E-state index contributed by atoms with van der Waals surface area (Å²) in [6, 6.07) is 6.62. The molecule has 0 aliphatic rings. The summed E-state index contributed by atoms with van der Waals surface area (Å²) in [5.41, 5.74) is 0.468. The number of allylic oxidation sites excluding steroid dienone is 1. The smallest absolute Gasteiger partial charge is 0.216 e. The summed E-state index contributed by atoms with van der Waals surface area (Å²) in [6.45, 7) is 0.861. The van der Waals surface area contributed by atoms with Gasteiger partial charge in [-0.15, -0.1) is 0 Å². The minimum atomic E-state index is -0.201. The van der Waals surface area contributed by atoms with Crippen molar-refractivity contribution in [2.45, 2.75) is 0 Å². The molecule has 25 heavy (non-hydrogen) atoms. The second-order valence-corrected chi connectivity index (χ2v) is 4.86. The molecule has 0 aliphatic carbocycles. The van der Waals surface area contributed by atoms with E-state index in [1.54, 1.807) is 37.6 Å². The van der Waals surface area contributed by atoms with E-state index in [9.17, 15) is 4.79 Å². The minimum Gasteiger partial charge on any atom is -0.493 e. The van der Waals surface area contributed by atoms with E-state index in [0.717, 1.165) is 0 Å². The maximum Gasteiger partial charge on any atom is 0.216 e. The van der Waals surface area contributed by atoms with Crippen LogP contribution in [0.2, 0.25) is 0 Å². The third kappa shape index (κ3) is 5.29. The molecule has 0 radical (unpaired) electrons. The van der Waals surface area contributed by atoms with Crippen molar-refractivity contribution in [3.05, 3.63) is 47.9 Å². The first-order valence-corrected chi connectivity index (χ1v) is 7.57. The summed E-state index contributed by atoms with van der Waals surface area (Å²) in [7, 11) is 4.64. The molecule has 2 rings (SSSR count). The molecule has 0 atom stereocenters. The molecule has 0 spiro atoms. The highest BCUT2D eigenvalue weighted by Crippen LogP contribution is 2.28. The van der Waals surface area contributed by atoms with Crippen LogP contribution in [-0.4, -0.2) is 50.3 Å². The fraction of sp³-hybridized carbons (Fsp3) is 0.278. The molecule has 1 aromatic carbocycles. The van der Waals surface area contributed by atoms with Crippen LogP contribution in [0.3, 0.4) is 0 Å². The number of ether oxygens (including phenoxy) is 4. The molecule has 132 valence electrons. The van der Waals surface area contributed by atoms with Gasteiger partial charge in [0.15, 0.2) is 23.1 Å². The maximum atomic E-state index is 12.3. The Morgan fingerprint density at radius 1 is 1.08 bits per heavy atom. The molecule has 7 heteroatoms. The number of ketones is 1. The van der Waals surface area contributed by atoms with Crippen molar-refractivity contribution in [2.24, 2.45) is 0 Å². The van der Waals surface area contributed by atoms with Crippen LogP contribution in [0.1, 0.15) is 16.2 Å². The van der Waals surface area contributed by atoms with E-state index >= 15 is 0 Å². The zero-order valence-electron chi connectivity index (χ0n) is 14.4. The molecule has 1 aromatic heterocycles. The first-order chi connectivity index (χ1) is 12.2. The van der Waals surface area contributed by atoms with Gasteiger partial charge in [0.2, 0.25) is 5.88 Å². The monoisotopic (exact) mass is 344 g/mol. The predicted molar refractivity (Wildman–Crippen MR) is 92.3 cm³/mol. The minimum absolute atomic E-state index is 0.201. The Bertz CT molecular complexity index is 746. The lowest BCUT2D eigenvalue weighted by Gasteiger charge is -2.11. The first-order valence-electron chi connectivity index (χ1n) is 7.57. The van der Waals surface area contributed by atoms with Crippen LogP contribution in [0.15, 0.2) is 36.5 Å². The Kier molecular flexibility index (Phi) is 6.91. The Balaban J connectivity index is 2.11. The van der Waals surface area contributed by atoms with Gasteiger partial charge in [0.05, 0.1) is 20.8 Å². The van der Waals surface area contributed by atoms with Gasteiger partial charge in [0, 0.05) is 24.9 Å². The lowest BCUT2D eigenvalue weighted by molar-refractivity contribution is 0.104. The number of carbonyl (C=O) groups excluding carboxylic acids is 1. The molecule has 0 N–H and O–H groups in total. The van der Waals surface area contributed by atoms with Crippen LogP contribution in [-0.2, 0) is 4.74 Å². The Labute approximate surface area is 146 Å². The van der Waals surface area contributed by atoms with Crippen LogP contribution < -0.4 is 14.2 Å². The van der Waals surface area contributed by atoms with E-state index in [1.807, 2.05) is 0 Å². The van der Waals surface area contributed by atoms with Gasteiger partial charge in [-0.25, -0.2) is 4.98 Å². The number of hydrogen-bond acceptors (Lipinski definition) is 7. The first kappa shape index (κ1) is 18.4. The predicted octanol–water partition coefficient (Wildman–Crippen LogP) is 2.42. The summed E-state index contributed by atoms with van der Waals surface area (Å²) < 4.78 is 20.8. The normalized spacial score (nSPS) is 10.7. The summed E-state index contributed by atoms with van der Waals surface area (Å²) in [6.07, 6.45) is 4.49. The number of benzene rings is 1. The average molecular weight is 344 g/mol. The summed E-state index contributed by atoms with van der Waals surface area (Å²) in [5, 5.41) is 0. The number of carbonyl (C=O) groups is 1. The molecular weight excluding hydrogens is 324 g/mol. The van der Waals surface area contributed by atoms with E-state index in [-0.39, 0.29) is 5.78 Å². The second kappa shape index (κ2) is 9.39. The molecule has 0 amide bonds. The SMILES string of the molecule is COCCOc1ccc(C(=O)/C=C/c2nccc(OC)n2)cc1OC. The number of aromatic nitrogens is 2. The van der Waals surface area contributed by atoms with E-state index in [1.165, 1.54) is 26.4 Å². The number of hydrogen-bond donors (Lipinski definition) is 0. The fourth-order valence-corrected chi connectivity index (χ4v) is 1.97. The van der Waals surface area contributed by atoms with Gasteiger partial charge in [-0.3, -0.25) is 4.79 Å². The van der Waals surface area contributed by atoms with Crippen molar-refractivity contribution in [3.8, 4) is 17.4 Å². The van der Waals surface area contributed by atoms with Crippen molar-refractivity contribution < 1.29 is 23.7 Å². The topological polar surface area (TPSA) is 79.8 Å². The average Bonchev–Trinajstić information content (AvgIpc) is 2.66. The van der Waals surface area contributed by atoms with Crippen molar-refractivity contribution in [2.75, 3.05) is 34.5 Å². The van der Waals surface area contributed by atoms with Gasteiger partial charge in [-0.05, 0) is 30.4 Å². The maximum absolute atomic E-state index is 12.3. The summed E-state index contributed by atoms with van der Waals surface area (Å²) >= 11 is 0. The van der Waals surface area contributed by atoms with Crippen molar-refractivity contribution >= 4 is 11.9 Å². The highest BCUT2D eigenvalue weighted by atomic mass is 16.5. The molecule has 0 saturated carbocycles. The Morgan fingerprint density at radius 3 is 2.64 bits per heavy atom. The number of nitrogens with zero attached hydrogens (tertiary/aromatic N) is 2. The molecule has 1 heterocycles. The molecule has 7 nitrogen and oxygen atoms in total. The zero-order valence-corrected chi connectivity index (χ0v) is 14.4. The number of methoxy groups -OCH3 is 3. The summed E-state index contributed by atoms with van der Waals surface area (Å²) in [5.74, 6) is 1.65. The molecule has 0 saturated heterocycles. The van der Waals surface area contributed by atoms with Gasteiger partial charge in [-0.2, -0.15) is 4.98 Å². The highest BCUT2D eigenvalue weighted by Gasteiger charge is 2.09. The van der Waals surface area contributed by atoms with Crippen molar-refractivity contribution in [3.63, 3.8) is 0 Å². The van der Waals surface area contributed by atoms with E-state index in [2.05, 4.69) is 9.97 Å². The summed E-state index contributed by atoms with van der Waals surface area (Å²) in [4.78, 5) is 20.5. The largest absolute Gasteiger partial charge is 0.493 e. The van der Waals surface area contributed by atoms with Crippen LogP contribution in [0.25, 0.3) is 6.08 Å². The standard InChI is InChI=1S/C18H20N2O5/c1-22-10-11-25-15-6-4-13(12-16(15)23-2)14(21)5-7-17-19-9-8-18(20-17)24-3/h4-9,12H,10-11H2,1-3H3/b7-5+. The van der Waals surface area contributed by atoms with E-state index < -0.39 is 0 Å². The molecule has 0 aliphatic heterocycles. The molecule has 0 unspecified atom stereocenters.